The fourth-order valence-electron chi connectivity index (χ4n) is 3.04. The Morgan fingerprint density at radius 2 is 1.86 bits per heavy atom. The van der Waals surface area contributed by atoms with Crippen LogP contribution in [-0.2, 0) is 4.79 Å². The first-order chi connectivity index (χ1) is 10.1. The van der Waals surface area contributed by atoms with Crippen molar-refractivity contribution in [3.63, 3.8) is 0 Å². The lowest BCUT2D eigenvalue weighted by Crippen LogP contribution is -2.43. The summed E-state index contributed by atoms with van der Waals surface area (Å²) in [5, 5.41) is 2.90. The van der Waals surface area contributed by atoms with Crippen LogP contribution in [0.2, 0.25) is 0 Å². The zero-order chi connectivity index (χ0) is 15.0. The predicted octanol–water partition coefficient (Wildman–Crippen LogP) is 1.65. The molecule has 1 fully saturated rings. The van der Waals surface area contributed by atoms with E-state index < -0.39 is 0 Å². The molecule has 3 rings (SSSR count). The highest BCUT2D eigenvalue weighted by atomic mass is 16.2. The Balaban J connectivity index is 1.71. The number of nitrogens with zero attached hydrogens (tertiary/aromatic N) is 1. The van der Waals surface area contributed by atoms with Crippen LogP contribution in [0.15, 0.2) is 18.2 Å². The van der Waals surface area contributed by atoms with E-state index in [1.165, 1.54) is 0 Å². The van der Waals surface area contributed by atoms with Crippen LogP contribution in [0.1, 0.15) is 52.0 Å². The van der Waals surface area contributed by atoms with Crippen molar-refractivity contribution in [1.29, 1.82) is 0 Å². The third-order valence-electron chi connectivity index (χ3n) is 4.15. The first-order valence-corrected chi connectivity index (χ1v) is 7.32. The molecule has 1 aromatic rings. The summed E-state index contributed by atoms with van der Waals surface area (Å²) in [5.74, 6) is -1.01. The molecule has 5 heteroatoms. The highest BCUT2D eigenvalue weighted by molar-refractivity contribution is 6.22. The number of aryl methyl sites for hydroxylation is 1. The lowest BCUT2D eigenvalue weighted by molar-refractivity contribution is -0.122. The number of benzene rings is 1. The highest BCUT2D eigenvalue weighted by Gasteiger charge is 2.36. The number of carbonyl (C=O) groups is 3. The topological polar surface area (TPSA) is 66.5 Å². The molecule has 1 N–H and O–H groups in total. The maximum Gasteiger partial charge on any atom is 0.262 e. The minimum atomic E-state index is -0.378. The van der Waals surface area contributed by atoms with Gasteiger partial charge in [-0.2, -0.15) is 0 Å². The smallest absolute Gasteiger partial charge is 0.262 e. The molecule has 110 valence electrons. The van der Waals surface area contributed by atoms with Crippen molar-refractivity contribution in [2.45, 2.75) is 38.6 Å². The van der Waals surface area contributed by atoms with E-state index in [9.17, 15) is 14.4 Å². The van der Waals surface area contributed by atoms with Crippen LogP contribution in [0.5, 0.6) is 0 Å². The second-order valence-corrected chi connectivity index (χ2v) is 5.79. The Bertz CT molecular complexity index is 618. The molecule has 2 aliphatic rings. The van der Waals surface area contributed by atoms with Gasteiger partial charge in [-0.05, 0) is 31.9 Å². The minimum absolute atomic E-state index is 0.190. The minimum Gasteiger partial charge on any atom is -0.352 e. The molecule has 0 aromatic heterocycles. The van der Waals surface area contributed by atoms with Gasteiger partial charge < -0.3 is 5.32 Å². The quantitative estimate of drug-likeness (QED) is 0.859. The van der Waals surface area contributed by atoms with E-state index in [1.54, 1.807) is 18.2 Å². The Hall–Kier alpha value is -2.17. The SMILES string of the molecule is Cc1ccc2c(c1)C(=O)N(CC(=O)NC1CCCC1)C2=O. The first kappa shape index (κ1) is 13.8. The molecule has 5 nitrogen and oxygen atoms in total. The lowest BCUT2D eigenvalue weighted by atomic mass is 10.1. The van der Waals surface area contributed by atoms with Crippen LogP contribution in [-0.4, -0.2) is 35.2 Å². The molecule has 0 saturated heterocycles. The average molecular weight is 286 g/mol. The summed E-state index contributed by atoms with van der Waals surface area (Å²) in [6.07, 6.45) is 4.20. The molecule has 0 bridgehead atoms. The Morgan fingerprint density at radius 3 is 2.57 bits per heavy atom. The molecule has 1 aromatic carbocycles. The van der Waals surface area contributed by atoms with Gasteiger partial charge in [-0.25, -0.2) is 0 Å². The van der Waals surface area contributed by atoms with Crippen molar-refractivity contribution in [2.24, 2.45) is 0 Å². The van der Waals surface area contributed by atoms with Gasteiger partial charge in [0.1, 0.15) is 6.54 Å². The molecule has 0 spiro atoms. The summed E-state index contributed by atoms with van der Waals surface area (Å²) in [7, 11) is 0. The number of fused-ring (bicyclic) bond motifs is 1. The summed E-state index contributed by atoms with van der Waals surface area (Å²) >= 11 is 0. The van der Waals surface area contributed by atoms with Gasteiger partial charge in [0.05, 0.1) is 11.1 Å². The number of carbonyl (C=O) groups excluding carboxylic acids is 3. The van der Waals surface area contributed by atoms with Gasteiger partial charge in [0, 0.05) is 6.04 Å². The van der Waals surface area contributed by atoms with Crippen LogP contribution in [0.4, 0.5) is 0 Å². The van der Waals surface area contributed by atoms with E-state index in [0.29, 0.717) is 11.1 Å². The van der Waals surface area contributed by atoms with Crippen LogP contribution >= 0.6 is 0 Å². The maximum absolute atomic E-state index is 12.3. The Kier molecular flexibility index (Phi) is 3.49. The molecule has 0 radical (unpaired) electrons. The van der Waals surface area contributed by atoms with Crippen molar-refractivity contribution in [3.05, 3.63) is 34.9 Å². The summed E-state index contributed by atoms with van der Waals surface area (Å²) < 4.78 is 0. The average Bonchev–Trinajstić information content (AvgIpc) is 3.02. The fourth-order valence-corrected chi connectivity index (χ4v) is 3.04. The fraction of sp³-hybridized carbons (Fsp3) is 0.438. The highest BCUT2D eigenvalue weighted by Crippen LogP contribution is 2.24. The summed E-state index contributed by atoms with van der Waals surface area (Å²) in [5.41, 5.74) is 1.71. The van der Waals surface area contributed by atoms with Gasteiger partial charge in [0.25, 0.3) is 11.8 Å². The second-order valence-electron chi connectivity index (χ2n) is 5.79. The normalized spacial score (nSPS) is 18.2. The van der Waals surface area contributed by atoms with Crippen molar-refractivity contribution in [1.82, 2.24) is 10.2 Å². The van der Waals surface area contributed by atoms with Crippen LogP contribution < -0.4 is 5.32 Å². The molecule has 1 aliphatic carbocycles. The van der Waals surface area contributed by atoms with Gasteiger partial charge in [0.2, 0.25) is 5.91 Å². The van der Waals surface area contributed by atoms with Gasteiger partial charge in [-0.1, -0.05) is 24.5 Å². The number of nitrogens with one attached hydrogen (secondary N) is 1. The number of hydrogen-bond acceptors (Lipinski definition) is 3. The zero-order valence-corrected chi connectivity index (χ0v) is 12.0. The summed E-state index contributed by atoms with van der Waals surface area (Å²) in [4.78, 5) is 37.5. The second kappa shape index (κ2) is 5.31. The molecule has 21 heavy (non-hydrogen) atoms. The van der Waals surface area contributed by atoms with Crippen molar-refractivity contribution in [3.8, 4) is 0 Å². The Morgan fingerprint density at radius 1 is 1.19 bits per heavy atom. The van der Waals surface area contributed by atoms with Gasteiger partial charge >= 0.3 is 0 Å². The Labute approximate surface area is 123 Å². The predicted molar refractivity (Wildman–Crippen MR) is 76.9 cm³/mol. The van der Waals surface area contributed by atoms with Crippen LogP contribution in [0.3, 0.4) is 0 Å². The lowest BCUT2D eigenvalue weighted by Gasteiger charge is -2.16. The number of hydrogen-bond donors (Lipinski definition) is 1. The van der Waals surface area contributed by atoms with Gasteiger partial charge in [-0.3, -0.25) is 19.3 Å². The van der Waals surface area contributed by atoms with Gasteiger partial charge in [-0.15, -0.1) is 0 Å². The molecule has 0 atom stereocenters. The molecule has 1 heterocycles. The largest absolute Gasteiger partial charge is 0.352 e. The molecular weight excluding hydrogens is 268 g/mol. The third kappa shape index (κ3) is 2.55. The van der Waals surface area contributed by atoms with Crippen molar-refractivity contribution >= 4 is 17.7 Å². The summed E-state index contributed by atoms with van der Waals surface area (Å²) in [6, 6.07) is 5.34. The molecule has 0 unspecified atom stereocenters. The maximum atomic E-state index is 12.3. The summed E-state index contributed by atoms with van der Waals surface area (Å²) in [6.45, 7) is 1.68. The standard InChI is InChI=1S/C16H18N2O3/c1-10-6-7-12-13(8-10)16(21)18(15(12)20)9-14(19)17-11-4-2-3-5-11/h6-8,11H,2-5,9H2,1H3,(H,17,19). The first-order valence-electron chi connectivity index (χ1n) is 7.32. The van der Waals surface area contributed by atoms with E-state index in [1.807, 2.05) is 6.92 Å². The van der Waals surface area contributed by atoms with E-state index in [2.05, 4.69) is 5.32 Å². The molecule has 3 amide bonds. The van der Waals surface area contributed by atoms with Crippen molar-refractivity contribution in [2.75, 3.05) is 6.54 Å². The van der Waals surface area contributed by atoms with E-state index >= 15 is 0 Å². The van der Waals surface area contributed by atoms with E-state index in [4.69, 9.17) is 0 Å². The van der Waals surface area contributed by atoms with Crippen LogP contribution in [0.25, 0.3) is 0 Å². The number of imide groups is 1. The molecular formula is C16H18N2O3. The third-order valence-corrected chi connectivity index (χ3v) is 4.15. The van der Waals surface area contributed by atoms with Crippen LogP contribution in [0, 0.1) is 6.92 Å². The zero-order valence-electron chi connectivity index (χ0n) is 12.0. The van der Waals surface area contributed by atoms with Crippen molar-refractivity contribution < 1.29 is 14.4 Å². The van der Waals surface area contributed by atoms with E-state index in [0.717, 1.165) is 36.1 Å². The number of amides is 3. The number of rotatable bonds is 3. The molecule has 1 saturated carbocycles. The monoisotopic (exact) mass is 286 g/mol. The van der Waals surface area contributed by atoms with Gasteiger partial charge in [0.15, 0.2) is 0 Å². The molecule has 1 aliphatic heterocycles. The van der Waals surface area contributed by atoms with E-state index in [-0.39, 0.29) is 30.3 Å².